The monoisotopic (exact) mass is 724 g/mol. The van der Waals surface area contributed by atoms with Crippen LogP contribution in [-0.2, 0) is 28.6 Å². The third kappa shape index (κ3) is 6.16. The van der Waals surface area contributed by atoms with Gasteiger partial charge < -0.3 is 50.0 Å². The van der Waals surface area contributed by atoms with Gasteiger partial charge in [-0.2, -0.15) is 0 Å². The van der Waals surface area contributed by atoms with Gasteiger partial charge in [0.15, 0.2) is 12.1 Å². The molecule has 4 fully saturated rings. The van der Waals surface area contributed by atoms with Crippen molar-refractivity contribution in [3.63, 3.8) is 0 Å². The van der Waals surface area contributed by atoms with Crippen molar-refractivity contribution in [3.8, 4) is 0 Å². The van der Waals surface area contributed by atoms with Gasteiger partial charge in [0.25, 0.3) is 0 Å². The average Bonchev–Trinajstić information content (AvgIpc) is 3.22. The molecular weight excluding hydrogens is 664 g/mol. The number of aliphatic hydroxyl groups excluding tert-OH is 6. The zero-order chi connectivity index (χ0) is 38.4. The molecule has 4 aliphatic carbocycles. The van der Waals surface area contributed by atoms with Crippen molar-refractivity contribution in [2.24, 2.45) is 39.4 Å². The number of rotatable bonds is 9. The van der Waals surface area contributed by atoms with Gasteiger partial charge in [0, 0.05) is 36.5 Å². The van der Waals surface area contributed by atoms with Gasteiger partial charge in [0.1, 0.15) is 41.4 Å². The summed E-state index contributed by atoms with van der Waals surface area (Å²) < 4.78 is 17.1. The van der Waals surface area contributed by atoms with Crippen molar-refractivity contribution in [3.05, 3.63) is 11.6 Å². The summed E-state index contributed by atoms with van der Waals surface area (Å²) in [6, 6.07) is 0. The molecule has 7 N–H and O–H groups in total. The second-order valence-corrected chi connectivity index (χ2v) is 18.2. The van der Waals surface area contributed by atoms with E-state index in [1.165, 1.54) is 13.8 Å². The number of hydrogen-bond donors (Lipinski definition) is 7. The van der Waals surface area contributed by atoms with E-state index >= 15 is 0 Å². The fraction of sp³-hybridized carbons (Fsp3) is 0.868. The molecule has 51 heavy (non-hydrogen) atoms. The highest BCUT2D eigenvalue weighted by molar-refractivity contribution is 5.90. The second-order valence-electron chi connectivity index (χ2n) is 18.2. The predicted octanol–water partition coefficient (Wildman–Crippen LogP) is 1.34. The van der Waals surface area contributed by atoms with Gasteiger partial charge in [-0.15, -0.1) is 0 Å². The number of aliphatic hydroxyl groups is 7. The summed E-state index contributed by atoms with van der Waals surface area (Å²) in [5.74, 6) is -2.70. The van der Waals surface area contributed by atoms with Crippen molar-refractivity contribution in [2.75, 3.05) is 6.61 Å². The molecule has 0 bridgehead atoms. The van der Waals surface area contributed by atoms with E-state index in [1.807, 2.05) is 34.6 Å². The molecule has 0 unspecified atom stereocenters. The van der Waals surface area contributed by atoms with E-state index in [1.54, 1.807) is 13.8 Å². The highest BCUT2D eigenvalue weighted by Gasteiger charge is 2.74. The molecule has 5 rings (SSSR count). The highest BCUT2D eigenvalue weighted by Crippen LogP contribution is 2.74. The summed E-state index contributed by atoms with van der Waals surface area (Å²) in [6.07, 6.45) is -7.59. The number of ketones is 2. The molecule has 290 valence electrons. The van der Waals surface area contributed by atoms with Gasteiger partial charge in [-0.05, 0) is 69.1 Å². The van der Waals surface area contributed by atoms with E-state index in [9.17, 15) is 50.1 Å². The van der Waals surface area contributed by atoms with Crippen LogP contribution in [0, 0.1) is 39.4 Å². The molecule has 0 aromatic rings. The Labute approximate surface area is 300 Å². The number of Topliss-reactive ketones (excluding diaryl/α,β-unsaturated/α-hetero) is 2. The van der Waals surface area contributed by atoms with Crippen LogP contribution in [-0.4, -0.2) is 120 Å². The van der Waals surface area contributed by atoms with E-state index in [0.717, 1.165) is 5.57 Å². The number of allylic oxidation sites excluding steroid dienone is 1. The third-order valence-corrected chi connectivity index (χ3v) is 14.3. The lowest BCUT2D eigenvalue weighted by molar-refractivity contribution is -0.327. The largest absolute Gasteiger partial charge is 0.460 e. The summed E-state index contributed by atoms with van der Waals surface area (Å²) in [5.41, 5.74) is -5.51. The van der Waals surface area contributed by atoms with Gasteiger partial charge in [-0.1, -0.05) is 46.3 Å². The quantitative estimate of drug-likeness (QED) is 0.132. The molecule has 0 aromatic heterocycles. The van der Waals surface area contributed by atoms with Gasteiger partial charge in [-0.3, -0.25) is 14.4 Å². The van der Waals surface area contributed by atoms with Crippen LogP contribution in [0.3, 0.4) is 0 Å². The van der Waals surface area contributed by atoms with E-state index in [-0.39, 0.29) is 43.8 Å². The van der Waals surface area contributed by atoms with Crippen LogP contribution in [0.5, 0.6) is 0 Å². The Morgan fingerprint density at radius 1 is 0.961 bits per heavy atom. The molecule has 1 saturated heterocycles. The maximum atomic E-state index is 14.7. The Morgan fingerprint density at radius 3 is 2.18 bits per heavy atom. The topological polar surface area (TPSA) is 221 Å². The number of hydrogen-bond acceptors (Lipinski definition) is 13. The second kappa shape index (κ2) is 13.2. The standard InChI is InChI=1S/C38H60O13/c1-18(40)51-33(2,3)13-12-25(43)38(9,48)30-22(42)15-35(6)24-11-10-19-20(37(24,8)26(44)16-36(30,35)7)14-21(41)31(34(19,4)5)50-32-29(47)28(46)27(45)23(17-39)49-32/h10,20-24,27-32,39,41-42,45-48H,11-17H2,1-9H3/t20-,21+,22-,23-,24-,27-,28+,29-,30-,31-,32+,35+,36-,37+,38+/m1/s1. The Hall–Kier alpha value is -1.81. The van der Waals surface area contributed by atoms with Crippen LogP contribution in [0.4, 0.5) is 0 Å². The fourth-order valence-electron chi connectivity index (χ4n) is 11.4. The first-order chi connectivity index (χ1) is 23.3. The Bertz CT molecular complexity index is 1420. The molecule has 3 saturated carbocycles. The average molecular weight is 725 g/mol. The molecular formula is C38H60O13. The molecule has 1 aliphatic heterocycles. The number of carbonyl (C=O) groups is 3. The smallest absolute Gasteiger partial charge is 0.303 e. The van der Waals surface area contributed by atoms with Crippen LogP contribution < -0.4 is 0 Å². The van der Waals surface area contributed by atoms with Crippen LogP contribution in [0.15, 0.2) is 11.6 Å². The maximum Gasteiger partial charge on any atom is 0.303 e. The molecule has 0 spiro atoms. The highest BCUT2D eigenvalue weighted by atomic mass is 16.7. The van der Waals surface area contributed by atoms with Crippen molar-refractivity contribution in [1.82, 2.24) is 0 Å². The fourth-order valence-corrected chi connectivity index (χ4v) is 11.4. The third-order valence-electron chi connectivity index (χ3n) is 14.3. The zero-order valence-electron chi connectivity index (χ0n) is 31.5. The Balaban J connectivity index is 1.44. The van der Waals surface area contributed by atoms with Crippen LogP contribution in [0.25, 0.3) is 0 Å². The van der Waals surface area contributed by atoms with Crippen molar-refractivity contribution >= 4 is 17.5 Å². The minimum atomic E-state index is -1.97. The van der Waals surface area contributed by atoms with Crippen molar-refractivity contribution < 1.29 is 64.3 Å². The molecule has 0 radical (unpaired) electrons. The molecule has 0 aromatic carbocycles. The van der Waals surface area contributed by atoms with E-state index in [4.69, 9.17) is 14.2 Å². The first kappa shape index (κ1) is 40.4. The van der Waals surface area contributed by atoms with E-state index in [2.05, 4.69) is 6.08 Å². The Kier molecular flexibility index (Phi) is 10.4. The maximum absolute atomic E-state index is 14.7. The van der Waals surface area contributed by atoms with Crippen LogP contribution >= 0.6 is 0 Å². The first-order valence-electron chi connectivity index (χ1n) is 18.3. The zero-order valence-corrected chi connectivity index (χ0v) is 31.5. The molecule has 15 atom stereocenters. The molecule has 5 aliphatic rings. The lowest BCUT2D eigenvalue weighted by Gasteiger charge is -2.65. The summed E-state index contributed by atoms with van der Waals surface area (Å²) >= 11 is 0. The summed E-state index contributed by atoms with van der Waals surface area (Å²) in [7, 11) is 0. The lowest BCUT2D eigenvalue weighted by Crippen LogP contribution is -2.66. The van der Waals surface area contributed by atoms with E-state index in [0.29, 0.717) is 6.42 Å². The molecule has 0 amide bonds. The van der Waals surface area contributed by atoms with Crippen LogP contribution in [0.2, 0.25) is 0 Å². The first-order valence-corrected chi connectivity index (χ1v) is 18.3. The lowest BCUT2D eigenvalue weighted by atomic mass is 9.38. The van der Waals surface area contributed by atoms with E-state index < -0.39 is 112 Å². The molecule has 13 nitrogen and oxygen atoms in total. The number of esters is 1. The minimum Gasteiger partial charge on any atom is -0.460 e. The normalized spacial score (nSPS) is 46.2. The molecule has 1 heterocycles. The number of fused-ring (bicyclic) bond motifs is 5. The van der Waals surface area contributed by atoms with Gasteiger partial charge in [0.2, 0.25) is 0 Å². The van der Waals surface area contributed by atoms with Crippen molar-refractivity contribution in [2.45, 2.75) is 161 Å². The SMILES string of the molecule is CC(=O)OC(C)(C)CCC(=O)[C@](C)(O)[C@@H]1[C@H](O)C[C@@]2(C)[C@H]3CC=C4[C@@H](C[C@H](O)[C@@H](O[C@@H]5O[C@H](CO)[C@@H](O)[C@H](O)[C@H]5O)C4(C)C)[C@]3(C)C(=O)C[C@]12C. The van der Waals surface area contributed by atoms with Gasteiger partial charge in [-0.25, -0.2) is 0 Å². The summed E-state index contributed by atoms with van der Waals surface area (Å²) in [4.78, 5) is 40.0. The predicted molar refractivity (Wildman–Crippen MR) is 181 cm³/mol. The number of carbonyl (C=O) groups excluding carboxylic acids is 3. The van der Waals surface area contributed by atoms with Gasteiger partial charge in [0.05, 0.1) is 24.9 Å². The van der Waals surface area contributed by atoms with Crippen LogP contribution in [0.1, 0.15) is 101 Å². The number of ether oxygens (including phenoxy) is 3. The van der Waals surface area contributed by atoms with Gasteiger partial charge >= 0.3 is 5.97 Å². The minimum absolute atomic E-state index is 0.00565. The molecule has 13 heteroatoms. The summed E-state index contributed by atoms with van der Waals surface area (Å²) in [6.45, 7) is 15.1. The van der Waals surface area contributed by atoms with Crippen molar-refractivity contribution in [1.29, 1.82) is 0 Å². The Morgan fingerprint density at radius 2 is 1.59 bits per heavy atom. The summed E-state index contributed by atoms with van der Waals surface area (Å²) in [5, 5.41) is 76.3.